The molecule has 7 heteroatoms. The van der Waals surface area contributed by atoms with Gasteiger partial charge in [-0.1, -0.05) is 42.5 Å². The van der Waals surface area contributed by atoms with E-state index in [4.69, 9.17) is 19.7 Å². The normalized spacial score (nSPS) is 16.6. The van der Waals surface area contributed by atoms with Gasteiger partial charge in [0.1, 0.15) is 6.10 Å². The molecule has 2 aromatic rings. The lowest BCUT2D eigenvalue weighted by molar-refractivity contribution is -0.134. The Morgan fingerprint density at radius 2 is 1.65 bits per heavy atom. The number of carboxylic acid groups (broad SMARTS) is 2. The van der Waals surface area contributed by atoms with Gasteiger partial charge in [0.2, 0.25) is 0 Å². The summed E-state index contributed by atoms with van der Waals surface area (Å²) in [5.41, 5.74) is 1.23. The fourth-order valence-electron chi connectivity index (χ4n) is 3.32. The molecule has 0 radical (unpaired) electrons. The van der Waals surface area contributed by atoms with E-state index in [1.54, 1.807) is 0 Å². The largest absolute Gasteiger partial charge is 0.490 e. The molecule has 3 N–H and O–H groups in total. The number of piperidine rings is 1. The van der Waals surface area contributed by atoms with E-state index in [0.29, 0.717) is 24.7 Å². The highest BCUT2D eigenvalue weighted by molar-refractivity contribution is 5.89. The Bertz CT molecular complexity index is 830. The molecular formula is C24H29NO6. The standard InChI is InChI=1S/C20H25NO2.C4H4O4/c1-2-22-18-12-6-7-13-19(18)23-20(16-9-4-3-5-10-16)17-11-8-14-21-15-17;5-3(6)1-2-4(7)8/h3-7,9-10,12-13,17,20-21H,2,8,11,14-15H2,1H3;1-2H,(H,5,6)(H,7,8)/b;2-1+/t17-,20?;/m0./s1. The quantitative estimate of drug-likeness (QED) is 0.549. The van der Waals surface area contributed by atoms with E-state index in [1.165, 1.54) is 18.4 Å². The van der Waals surface area contributed by atoms with Crippen LogP contribution in [0.3, 0.4) is 0 Å². The van der Waals surface area contributed by atoms with Crippen molar-refractivity contribution in [2.45, 2.75) is 25.9 Å². The molecule has 166 valence electrons. The summed E-state index contributed by atoms with van der Waals surface area (Å²) < 4.78 is 12.2. The van der Waals surface area contributed by atoms with Crippen molar-refractivity contribution in [3.05, 3.63) is 72.3 Å². The summed E-state index contributed by atoms with van der Waals surface area (Å²) in [4.78, 5) is 19.1. The van der Waals surface area contributed by atoms with Gasteiger partial charge in [-0.15, -0.1) is 0 Å². The van der Waals surface area contributed by atoms with Gasteiger partial charge in [-0.2, -0.15) is 0 Å². The molecule has 7 nitrogen and oxygen atoms in total. The van der Waals surface area contributed by atoms with Gasteiger partial charge >= 0.3 is 11.9 Å². The number of benzene rings is 2. The summed E-state index contributed by atoms with van der Waals surface area (Å²) in [6.45, 7) is 4.74. The van der Waals surface area contributed by atoms with Crippen LogP contribution in [-0.4, -0.2) is 41.8 Å². The minimum Gasteiger partial charge on any atom is -0.490 e. The minimum absolute atomic E-state index is 0.0469. The predicted molar refractivity (Wildman–Crippen MR) is 117 cm³/mol. The Kier molecular flexibility index (Phi) is 10.1. The highest BCUT2D eigenvalue weighted by atomic mass is 16.5. The van der Waals surface area contributed by atoms with E-state index in [2.05, 4.69) is 29.6 Å². The van der Waals surface area contributed by atoms with Gasteiger partial charge in [-0.25, -0.2) is 9.59 Å². The first-order valence-corrected chi connectivity index (χ1v) is 10.3. The van der Waals surface area contributed by atoms with Crippen LogP contribution in [0.4, 0.5) is 0 Å². The maximum atomic E-state index is 9.55. The lowest BCUT2D eigenvalue weighted by atomic mass is 9.89. The second kappa shape index (κ2) is 13.1. The molecule has 2 atom stereocenters. The van der Waals surface area contributed by atoms with Gasteiger partial charge in [-0.3, -0.25) is 0 Å². The van der Waals surface area contributed by atoms with Crippen LogP contribution in [0.2, 0.25) is 0 Å². The zero-order valence-electron chi connectivity index (χ0n) is 17.6. The molecular weight excluding hydrogens is 398 g/mol. The second-order valence-electron chi connectivity index (χ2n) is 6.95. The molecule has 1 saturated heterocycles. The summed E-state index contributed by atoms with van der Waals surface area (Å²) in [5.74, 6) is -0.394. The third-order valence-corrected chi connectivity index (χ3v) is 4.66. The molecule has 0 aliphatic carbocycles. The second-order valence-corrected chi connectivity index (χ2v) is 6.95. The molecule has 1 heterocycles. The number of carboxylic acids is 2. The predicted octanol–water partition coefficient (Wildman–Crippen LogP) is 3.92. The number of aliphatic carboxylic acids is 2. The Morgan fingerprint density at radius 1 is 1.03 bits per heavy atom. The highest BCUT2D eigenvalue weighted by Gasteiger charge is 2.27. The monoisotopic (exact) mass is 427 g/mol. The third-order valence-electron chi connectivity index (χ3n) is 4.66. The van der Waals surface area contributed by atoms with Crippen molar-refractivity contribution < 1.29 is 29.3 Å². The molecule has 0 bridgehead atoms. The van der Waals surface area contributed by atoms with Crippen LogP contribution in [0.1, 0.15) is 31.4 Å². The van der Waals surface area contributed by atoms with E-state index in [0.717, 1.165) is 24.6 Å². The van der Waals surface area contributed by atoms with Crippen molar-refractivity contribution in [2.24, 2.45) is 5.92 Å². The first-order valence-electron chi connectivity index (χ1n) is 10.3. The number of carbonyl (C=O) groups is 2. The fourth-order valence-corrected chi connectivity index (χ4v) is 3.32. The summed E-state index contributed by atoms with van der Waals surface area (Å²) in [6, 6.07) is 18.5. The molecule has 0 spiro atoms. The van der Waals surface area contributed by atoms with Crippen molar-refractivity contribution in [3.8, 4) is 11.5 Å². The number of rotatable bonds is 8. The van der Waals surface area contributed by atoms with Crippen LogP contribution in [0.5, 0.6) is 11.5 Å². The maximum Gasteiger partial charge on any atom is 0.328 e. The lowest BCUT2D eigenvalue weighted by Gasteiger charge is -2.32. The van der Waals surface area contributed by atoms with Crippen LogP contribution in [0.15, 0.2) is 66.7 Å². The maximum absolute atomic E-state index is 9.55. The zero-order valence-corrected chi connectivity index (χ0v) is 17.6. The average Bonchev–Trinajstić information content (AvgIpc) is 2.79. The SMILES string of the molecule is CCOc1ccccc1OC(c1ccccc1)[C@H]1CCCNC1.O=C(O)/C=C/C(=O)O. The molecule has 0 aromatic heterocycles. The van der Waals surface area contributed by atoms with Crippen molar-refractivity contribution >= 4 is 11.9 Å². The van der Waals surface area contributed by atoms with Crippen molar-refractivity contribution in [1.29, 1.82) is 0 Å². The van der Waals surface area contributed by atoms with E-state index in [-0.39, 0.29) is 6.10 Å². The molecule has 0 saturated carbocycles. The highest BCUT2D eigenvalue weighted by Crippen LogP contribution is 2.36. The molecule has 1 aliphatic rings. The Morgan fingerprint density at radius 3 is 2.19 bits per heavy atom. The van der Waals surface area contributed by atoms with Gasteiger partial charge in [0.05, 0.1) is 6.61 Å². The molecule has 2 aromatic carbocycles. The Labute approximate surface area is 182 Å². The van der Waals surface area contributed by atoms with E-state index in [9.17, 15) is 9.59 Å². The summed E-state index contributed by atoms with van der Waals surface area (Å²) in [5, 5.41) is 19.1. The number of hydrogen-bond acceptors (Lipinski definition) is 5. The Balaban J connectivity index is 0.000000366. The van der Waals surface area contributed by atoms with E-state index < -0.39 is 11.9 Å². The van der Waals surface area contributed by atoms with Crippen LogP contribution in [-0.2, 0) is 9.59 Å². The lowest BCUT2D eigenvalue weighted by Crippen LogP contribution is -2.35. The molecule has 1 fully saturated rings. The number of hydrogen-bond donors (Lipinski definition) is 3. The smallest absolute Gasteiger partial charge is 0.328 e. The summed E-state index contributed by atoms with van der Waals surface area (Å²) >= 11 is 0. The molecule has 31 heavy (non-hydrogen) atoms. The molecule has 0 amide bonds. The number of ether oxygens (including phenoxy) is 2. The van der Waals surface area contributed by atoms with Crippen molar-refractivity contribution in [1.82, 2.24) is 5.32 Å². The first kappa shape index (κ1) is 24.0. The fraction of sp³-hybridized carbons (Fsp3) is 0.333. The van der Waals surface area contributed by atoms with Crippen LogP contribution in [0, 0.1) is 5.92 Å². The summed E-state index contributed by atoms with van der Waals surface area (Å²) in [6.07, 6.45) is 3.55. The van der Waals surface area contributed by atoms with Crippen LogP contribution < -0.4 is 14.8 Å². The van der Waals surface area contributed by atoms with E-state index >= 15 is 0 Å². The average molecular weight is 427 g/mol. The van der Waals surface area contributed by atoms with Crippen LogP contribution >= 0.6 is 0 Å². The van der Waals surface area contributed by atoms with Crippen molar-refractivity contribution in [2.75, 3.05) is 19.7 Å². The van der Waals surface area contributed by atoms with E-state index in [1.807, 2.05) is 37.3 Å². The van der Waals surface area contributed by atoms with Gasteiger partial charge in [-0.05, 0) is 44.0 Å². The van der Waals surface area contributed by atoms with Gasteiger partial charge < -0.3 is 25.0 Å². The molecule has 1 aliphatic heterocycles. The molecule has 3 rings (SSSR count). The van der Waals surface area contributed by atoms with Crippen molar-refractivity contribution in [3.63, 3.8) is 0 Å². The number of para-hydroxylation sites is 2. The van der Waals surface area contributed by atoms with Crippen LogP contribution in [0.25, 0.3) is 0 Å². The Hall–Kier alpha value is -3.32. The minimum atomic E-state index is -1.26. The van der Waals surface area contributed by atoms with Gasteiger partial charge in [0.25, 0.3) is 0 Å². The first-order chi connectivity index (χ1) is 15.0. The van der Waals surface area contributed by atoms with Gasteiger partial charge in [0, 0.05) is 24.6 Å². The number of nitrogens with one attached hydrogen (secondary N) is 1. The zero-order chi connectivity index (χ0) is 22.5. The third kappa shape index (κ3) is 8.52. The molecule has 1 unspecified atom stereocenters. The van der Waals surface area contributed by atoms with Gasteiger partial charge in [0.15, 0.2) is 11.5 Å². The topological polar surface area (TPSA) is 105 Å². The summed E-state index contributed by atoms with van der Waals surface area (Å²) in [7, 11) is 0.